The van der Waals surface area contributed by atoms with Crippen molar-refractivity contribution >= 4 is 16.8 Å². The molecule has 5 aromatic rings. The van der Waals surface area contributed by atoms with Crippen molar-refractivity contribution in [3.8, 4) is 22.4 Å². The van der Waals surface area contributed by atoms with Crippen LogP contribution in [0.3, 0.4) is 0 Å². The molecule has 0 aliphatic rings. The molecule has 0 saturated heterocycles. The van der Waals surface area contributed by atoms with Crippen molar-refractivity contribution in [3.05, 3.63) is 120 Å². The third kappa shape index (κ3) is 4.86. The molecule has 0 fully saturated rings. The summed E-state index contributed by atoms with van der Waals surface area (Å²) in [5, 5.41) is 3.73. The molecule has 1 amide bonds. The maximum absolute atomic E-state index is 13.2. The van der Waals surface area contributed by atoms with Gasteiger partial charge in [-0.2, -0.15) is 0 Å². The summed E-state index contributed by atoms with van der Waals surface area (Å²) < 4.78 is 0. The number of rotatable bonds is 7. The Kier molecular flexibility index (Phi) is 6.80. The Bertz CT molecular complexity index is 1500. The van der Waals surface area contributed by atoms with Crippen molar-refractivity contribution < 1.29 is 16.3 Å². The molecule has 5 rings (SSSR count). The maximum Gasteiger partial charge on any atom is 0.270 e. The highest BCUT2D eigenvalue weighted by Crippen LogP contribution is 2.34. The molecule has 0 aliphatic carbocycles. The van der Waals surface area contributed by atoms with E-state index in [9.17, 15) is 4.79 Å². The van der Waals surface area contributed by atoms with Crippen LogP contribution in [-0.2, 0) is 19.6 Å². The summed E-state index contributed by atoms with van der Waals surface area (Å²) in [6.07, 6.45) is 1.64. The minimum atomic E-state index is -0.227. The van der Waals surface area contributed by atoms with Crippen LogP contribution in [0.1, 0.15) is 27.2 Å². The largest absolute Gasteiger partial charge is 0.354 e. The van der Waals surface area contributed by atoms with E-state index in [4.69, 9.17) is 4.98 Å². The summed E-state index contributed by atoms with van der Waals surface area (Å²) in [6, 6.07) is 30.4. The normalized spacial score (nSPS) is 10.9. The molecule has 6 heteroatoms. The number of carbonyl (C=O) groups is 1. The first-order valence-electron chi connectivity index (χ1n) is 12.1. The average Bonchev–Trinajstić information content (AvgIpc) is 2.95. The zero-order valence-corrected chi connectivity index (χ0v) is 20.1. The number of quaternary nitrogens is 2. The Hall–Kier alpha value is -4.39. The van der Waals surface area contributed by atoms with Crippen LogP contribution in [0.15, 0.2) is 97.2 Å². The Balaban J connectivity index is 1.55. The van der Waals surface area contributed by atoms with Crippen LogP contribution in [0.25, 0.3) is 33.3 Å². The van der Waals surface area contributed by atoms with E-state index in [1.165, 1.54) is 5.56 Å². The lowest BCUT2D eigenvalue weighted by atomic mass is 9.96. The molecule has 0 unspecified atom stereocenters. The fourth-order valence-electron chi connectivity index (χ4n) is 4.25. The molecular formula is C30H29N5O+2. The quantitative estimate of drug-likeness (QED) is 0.336. The molecule has 2 aromatic heterocycles. The van der Waals surface area contributed by atoms with Gasteiger partial charge < -0.3 is 16.8 Å². The highest BCUT2D eigenvalue weighted by atomic mass is 16.1. The van der Waals surface area contributed by atoms with Crippen LogP contribution < -0.4 is 16.8 Å². The van der Waals surface area contributed by atoms with Crippen molar-refractivity contribution in [2.45, 2.75) is 19.6 Å². The number of benzene rings is 3. The molecule has 6 nitrogen and oxygen atoms in total. The summed E-state index contributed by atoms with van der Waals surface area (Å²) >= 11 is 0. The summed E-state index contributed by atoms with van der Waals surface area (Å²) in [5.41, 5.74) is 16.2. The highest BCUT2D eigenvalue weighted by molar-refractivity contribution is 6.06. The van der Waals surface area contributed by atoms with Crippen molar-refractivity contribution in [1.82, 2.24) is 15.3 Å². The zero-order valence-electron chi connectivity index (χ0n) is 20.1. The van der Waals surface area contributed by atoms with E-state index in [0.717, 1.165) is 57.5 Å². The summed E-state index contributed by atoms with van der Waals surface area (Å²) in [5.74, 6) is -0.227. The molecule has 0 saturated carbocycles. The van der Waals surface area contributed by atoms with Gasteiger partial charge in [-0.25, -0.2) is 4.98 Å². The molecule has 36 heavy (non-hydrogen) atoms. The van der Waals surface area contributed by atoms with Crippen LogP contribution in [-0.4, -0.2) is 15.9 Å². The van der Waals surface area contributed by atoms with Crippen LogP contribution in [0.2, 0.25) is 0 Å². The molecule has 0 atom stereocenters. The van der Waals surface area contributed by atoms with E-state index in [1.54, 1.807) is 6.20 Å². The van der Waals surface area contributed by atoms with Gasteiger partial charge in [0.25, 0.3) is 5.91 Å². The molecule has 0 aliphatic heterocycles. The molecule has 7 N–H and O–H groups in total. The Morgan fingerprint density at radius 2 is 1.39 bits per heavy atom. The van der Waals surface area contributed by atoms with Crippen LogP contribution in [0.5, 0.6) is 0 Å². The number of fused-ring (bicyclic) bond motifs is 1. The molecule has 3 aromatic carbocycles. The van der Waals surface area contributed by atoms with E-state index in [1.807, 2.05) is 54.6 Å². The summed E-state index contributed by atoms with van der Waals surface area (Å²) in [7, 11) is 0. The van der Waals surface area contributed by atoms with Gasteiger partial charge in [-0.15, -0.1) is 0 Å². The SMILES string of the molecule is [NH3+]Cc1ccc(CNC(=O)c2nccc3nc(-c4ccc(C[NH3+])cc4)c(-c4ccccc4)cc23)cc1. The number of nitrogens with zero attached hydrogens (tertiary/aromatic N) is 2. The van der Waals surface area contributed by atoms with E-state index >= 15 is 0 Å². The Morgan fingerprint density at radius 3 is 2.06 bits per heavy atom. The van der Waals surface area contributed by atoms with Crippen molar-refractivity contribution in [1.29, 1.82) is 0 Å². The smallest absolute Gasteiger partial charge is 0.270 e. The summed E-state index contributed by atoms with van der Waals surface area (Å²) in [4.78, 5) is 22.7. The van der Waals surface area contributed by atoms with Gasteiger partial charge in [0.2, 0.25) is 0 Å². The second kappa shape index (κ2) is 10.5. The molecule has 0 radical (unpaired) electrons. The molecular weight excluding hydrogens is 446 g/mol. The van der Waals surface area contributed by atoms with E-state index in [-0.39, 0.29) is 5.91 Å². The zero-order chi connectivity index (χ0) is 24.9. The van der Waals surface area contributed by atoms with Crippen molar-refractivity contribution in [2.24, 2.45) is 0 Å². The lowest BCUT2D eigenvalue weighted by molar-refractivity contribution is -0.386. The molecule has 0 spiro atoms. The maximum atomic E-state index is 13.2. The number of aromatic nitrogens is 2. The van der Waals surface area contributed by atoms with Gasteiger partial charge in [0.1, 0.15) is 5.69 Å². The standard InChI is InChI=1S/C30H27N5O/c31-17-20-6-8-22(9-7-20)19-34-30(36)29-26-16-25(23-4-2-1-3-5-23)28(35-27(26)14-15-33-29)24-12-10-21(18-32)11-13-24/h1-16H,17-19,31-32H2,(H,34,36)/p+2. The average molecular weight is 476 g/mol. The second-order valence-electron chi connectivity index (χ2n) is 8.67. The summed E-state index contributed by atoms with van der Waals surface area (Å²) in [6.45, 7) is 1.90. The van der Waals surface area contributed by atoms with Gasteiger partial charge in [-0.3, -0.25) is 9.78 Å². The first kappa shape index (κ1) is 23.4. The Labute approximate surface area is 210 Å². The Morgan fingerprint density at radius 1 is 0.750 bits per heavy atom. The van der Waals surface area contributed by atoms with E-state index in [2.05, 4.69) is 58.2 Å². The van der Waals surface area contributed by atoms with Crippen LogP contribution in [0.4, 0.5) is 0 Å². The van der Waals surface area contributed by atoms with E-state index in [0.29, 0.717) is 12.2 Å². The lowest BCUT2D eigenvalue weighted by Gasteiger charge is -2.14. The van der Waals surface area contributed by atoms with Gasteiger partial charge >= 0.3 is 0 Å². The third-order valence-electron chi connectivity index (χ3n) is 6.32. The van der Waals surface area contributed by atoms with Gasteiger partial charge in [0.05, 0.1) is 24.3 Å². The van der Waals surface area contributed by atoms with Crippen molar-refractivity contribution in [3.63, 3.8) is 0 Å². The van der Waals surface area contributed by atoms with Crippen molar-refractivity contribution in [2.75, 3.05) is 0 Å². The van der Waals surface area contributed by atoms with E-state index < -0.39 is 0 Å². The first-order chi connectivity index (χ1) is 17.7. The fourth-order valence-corrected chi connectivity index (χ4v) is 4.25. The van der Waals surface area contributed by atoms with Gasteiger partial charge in [-0.1, -0.05) is 78.9 Å². The molecule has 178 valence electrons. The van der Waals surface area contributed by atoms with Gasteiger partial charge in [0, 0.05) is 40.4 Å². The monoisotopic (exact) mass is 475 g/mol. The van der Waals surface area contributed by atoms with Gasteiger partial charge in [-0.05, 0) is 23.3 Å². The predicted octanol–water partition coefficient (Wildman–Crippen LogP) is 3.38. The molecule has 0 bridgehead atoms. The number of amides is 1. The van der Waals surface area contributed by atoms with Crippen LogP contribution >= 0.6 is 0 Å². The highest BCUT2D eigenvalue weighted by Gasteiger charge is 2.17. The lowest BCUT2D eigenvalue weighted by Crippen LogP contribution is -2.47. The first-order valence-corrected chi connectivity index (χ1v) is 12.1. The minimum absolute atomic E-state index is 0.227. The van der Waals surface area contributed by atoms with Crippen LogP contribution in [0, 0.1) is 0 Å². The number of hydrogen-bond acceptors (Lipinski definition) is 3. The second-order valence-corrected chi connectivity index (χ2v) is 8.67. The topological polar surface area (TPSA) is 110 Å². The third-order valence-corrected chi connectivity index (χ3v) is 6.32. The minimum Gasteiger partial charge on any atom is -0.354 e. The number of pyridine rings is 2. The van der Waals surface area contributed by atoms with Gasteiger partial charge in [0.15, 0.2) is 0 Å². The number of hydrogen-bond donors (Lipinski definition) is 3. The molecule has 2 heterocycles. The fraction of sp³-hybridized carbons (Fsp3) is 0.100. The number of nitrogens with one attached hydrogen (secondary N) is 1. The number of carbonyl (C=O) groups excluding carboxylic acids is 1. The predicted molar refractivity (Wildman–Crippen MR) is 141 cm³/mol.